The van der Waals surface area contributed by atoms with Gasteiger partial charge in [0.2, 0.25) is 0 Å². The van der Waals surface area contributed by atoms with E-state index in [1.54, 1.807) is 0 Å². The number of rotatable bonds is 31. The maximum atomic E-state index is 12.0. The van der Waals surface area contributed by atoms with E-state index in [0.29, 0.717) is 39.5 Å². The van der Waals surface area contributed by atoms with Crippen molar-refractivity contribution >= 4 is 5.97 Å². The molecule has 0 saturated carbocycles. The maximum absolute atomic E-state index is 12.0. The van der Waals surface area contributed by atoms with Gasteiger partial charge in [-0.15, -0.1) is 0 Å². The fraction of sp³-hybridized carbons (Fsp3) is 0.821. The van der Waals surface area contributed by atoms with Gasteiger partial charge in [0.05, 0.1) is 31.0 Å². The van der Waals surface area contributed by atoms with Crippen LogP contribution in [0.1, 0.15) is 169 Å². The van der Waals surface area contributed by atoms with E-state index in [-0.39, 0.29) is 17.2 Å². The molecule has 1 rings (SSSR count). The van der Waals surface area contributed by atoms with Gasteiger partial charge in [-0.05, 0) is 52.5 Å². The van der Waals surface area contributed by atoms with Gasteiger partial charge in [-0.3, -0.25) is 4.79 Å². The van der Waals surface area contributed by atoms with E-state index in [1.807, 2.05) is 18.2 Å². The molecule has 44 heavy (non-hydrogen) atoms. The third kappa shape index (κ3) is 25.9. The zero-order valence-electron chi connectivity index (χ0n) is 29.6. The van der Waals surface area contributed by atoms with Crippen LogP contribution in [0.5, 0.6) is 0 Å². The molecule has 1 aromatic rings. The van der Waals surface area contributed by atoms with Crippen LogP contribution in [0.3, 0.4) is 0 Å². The summed E-state index contributed by atoms with van der Waals surface area (Å²) in [5.74, 6) is -0.102. The molecule has 0 fully saturated rings. The number of hydrogen-bond acceptors (Lipinski definition) is 5. The fourth-order valence-corrected chi connectivity index (χ4v) is 5.27. The number of ether oxygens (including phenoxy) is 4. The van der Waals surface area contributed by atoms with E-state index in [4.69, 9.17) is 18.9 Å². The highest BCUT2D eigenvalue weighted by Gasteiger charge is 2.23. The molecule has 0 N–H and O–H groups in total. The number of unbranched alkanes of at least 4 members (excludes halogenated alkanes) is 16. The zero-order chi connectivity index (χ0) is 32.2. The molecule has 0 aromatic heterocycles. The van der Waals surface area contributed by atoms with Crippen molar-refractivity contribution in [3.63, 3.8) is 0 Å². The van der Waals surface area contributed by atoms with E-state index < -0.39 is 0 Å². The number of carbonyl (C=O) groups excluding carboxylic acids is 1. The van der Waals surface area contributed by atoms with Crippen LogP contribution in [-0.2, 0) is 30.3 Å². The quantitative estimate of drug-likeness (QED) is 0.0612. The third-order valence-corrected chi connectivity index (χ3v) is 8.49. The molecule has 0 radical (unpaired) electrons. The van der Waals surface area contributed by atoms with E-state index in [2.05, 4.69) is 46.8 Å². The topological polar surface area (TPSA) is 54.0 Å². The van der Waals surface area contributed by atoms with Gasteiger partial charge in [-0.1, -0.05) is 140 Å². The van der Waals surface area contributed by atoms with Crippen molar-refractivity contribution in [3.8, 4) is 0 Å². The molecule has 0 aliphatic carbocycles. The van der Waals surface area contributed by atoms with Crippen molar-refractivity contribution in [1.29, 1.82) is 0 Å². The zero-order valence-corrected chi connectivity index (χ0v) is 29.6. The average molecular weight is 619 g/mol. The Balaban J connectivity index is 1.87. The molecule has 5 nitrogen and oxygen atoms in total. The van der Waals surface area contributed by atoms with Crippen molar-refractivity contribution in [2.75, 3.05) is 26.4 Å². The molecule has 0 aliphatic heterocycles. The monoisotopic (exact) mass is 619 g/mol. The first-order valence-electron chi connectivity index (χ1n) is 18.3. The largest absolute Gasteiger partial charge is 0.463 e. The SMILES string of the molecule is CCCCCCCCCCCCCCCCCCCC(=O)OCCOCCC(C)(C)OCCC(C)(C)OCc1ccccc1. The van der Waals surface area contributed by atoms with E-state index >= 15 is 0 Å². The summed E-state index contributed by atoms with van der Waals surface area (Å²) in [6.07, 6.45) is 25.0. The van der Waals surface area contributed by atoms with Gasteiger partial charge in [0.15, 0.2) is 0 Å². The normalized spacial score (nSPS) is 12.1. The number of benzene rings is 1. The summed E-state index contributed by atoms with van der Waals surface area (Å²) in [7, 11) is 0. The van der Waals surface area contributed by atoms with Crippen LogP contribution in [0.4, 0.5) is 0 Å². The van der Waals surface area contributed by atoms with Crippen molar-refractivity contribution in [2.45, 2.75) is 181 Å². The van der Waals surface area contributed by atoms with Crippen molar-refractivity contribution in [3.05, 3.63) is 35.9 Å². The summed E-state index contributed by atoms with van der Waals surface area (Å²) in [4.78, 5) is 12.0. The molecule has 0 saturated heterocycles. The summed E-state index contributed by atoms with van der Waals surface area (Å²) in [5, 5.41) is 0. The second kappa shape index (κ2) is 26.8. The van der Waals surface area contributed by atoms with Crippen LogP contribution in [0, 0.1) is 0 Å². The Labute approximate surface area is 272 Å². The lowest BCUT2D eigenvalue weighted by Gasteiger charge is -2.30. The van der Waals surface area contributed by atoms with Gasteiger partial charge in [0.25, 0.3) is 0 Å². The number of hydrogen-bond donors (Lipinski definition) is 0. The highest BCUT2D eigenvalue weighted by atomic mass is 16.6. The molecular formula is C39H70O5. The molecule has 0 atom stereocenters. The fourth-order valence-electron chi connectivity index (χ4n) is 5.27. The summed E-state index contributed by atoms with van der Waals surface area (Å²) < 4.78 is 23.3. The molecule has 256 valence electrons. The Morgan fingerprint density at radius 1 is 0.568 bits per heavy atom. The molecule has 0 amide bonds. The first-order chi connectivity index (χ1) is 21.2. The predicted molar refractivity (Wildman–Crippen MR) is 185 cm³/mol. The van der Waals surface area contributed by atoms with Crippen LogP contribution in [0.2, 0.25) is 0 Å². The number of esters is 1. The summed E-state index contributed by atoms with van der Waals surface area (Å²) >= 11 is 0. The van der Waals surface area contributed by atoms with Gasteiger partial charge >= 0.3 is 5.97 Å². The van der Waals surface area contributed by atoms with Crippen LogP contribution in [-0.4, -0.2) is 43.6 Å². The molecule has 5 heteroatoms. The highest BCUT2D eigenvalue weighted by molar-refractivity contribution is 5.69. The lowest BCUT2D eigenvalue weighted by molar-refractivity contribution is -0.145. The standard InChI is InChI=1S/C39H70O5/c1-6-7-8-9-10-11-12-13-14-15-16-17-18-19-20-21-25-28-37(40)42-34-33-41-31-29-38(2,3)43-32-30-39(4,5)44-35-36-26-23-22-24-27-36/h22-24,26-27H,6-21,25,28-35H2,1-5H3. The second-order valence-corrected chi connectivity index (χ2v) is 13.9. The molecule has 1 aromatic carbocycles. The minimum atomic E-state index is -0.279. The second-order valence-electron chi connectivity index (χ2n) is 13.9. The molecular weight excluding hydrogens is 548 g/mol. The summed E-state index contributed by atoms with van der Waals surface area (Å²) in [6.45, 7) is 13.3. The van der Waals surface area contributed by atoms with E-state index in [9.17, 15) is 4.79 Å². The van der Waals surface area contributed by atoms with Crippen LogP contribution in [0.15, 0.2) is 30.3 Å². The van der Waals surface area contributed by atoms with E-state index in [1.165, 1.54) is 102 Å². The summed E-state index contributed by atoms with van der Waals surface area (Å²) in [5.41, 5.74) is 0.650. The first kappa shape index (κ1) is 40.6. The van der Waals surface area contributed by atoms with E-state index in [0.717, 1.165) is 25.7 Å². The molecule has 0 aliphatic rings. The third-order valence-electron chi connectivity index (χ3n) is 8.49. The Hall–Kier alpha value is -1.43. The van der Waals surface area contributed by atoms with Crippen molar-refractivity contribution in [1.82, 2.24) is 0 Å². The first-order valence-corrected chi connectivity index (χ1v) is 18.3. The highest BCUT2D eigenvalue weighted by Crippen LogP contribution is 2.21. The average Bonchev–Trinajstić information content (AvgIpc) is 2.99. The van der Waals surface area contributed by atoms with Gasteiger partial charge in [-0.25, -0.2) is 0 Å². The molecule has 0 spiro atoms. The smallest absolute Gasteiger partial charge is 0.305 e. The Morgan fingerprint density at radius 2 is 1.05 bits per heavy atom. The van der Waals surface area contributed by atoms with Crippen LogP contribution < -0.4 is 0 Å². The van der Waals surface area contributed by atoms with Crippen LogP contribution >= 0.6 is 0 Å². The predicted octanol–water partition coefficient (Wildman–Crippen LogP) is 11.2. The molecule has 0 heterocycles. The Bertz CT molecular complexity index is 776. The van der Waals surface area contributed by atoms with Crippen molar-refractivity contribution in [2.24, 2.45) is 0 Å². The summed E-state index contributed by atoms with van der Waals surface area (Å²) in [6, 6.07) is 10.3. The molecule has 0 unspecified atom stereocenters. The Kier molecular flexibility index (Phi) is 24.7. The van der Waals surface area contributed by atoms with Gasteiger partial charge in [0, 0.05) is 13.0 Å². The minimum Gasteiger partial charge on any atom is -0.463 e. The molecule has 0 bridgehead atoms. The lowest BCUT2D eigenvalue weighted by Crippen LogP contribution is -2.31. The minimum absolute atomic E-state index is 0.102. The van der Waals surface area contributed by atoms with Gasteiger partial charge < -0.3 is 18.9 Å². The van der Waals surface area contributed by atoms with Gasteiger partial charge in [0.1, 0.15) is 6.61 Å². The maximum Gasteiger partial charge on any atom is 0.305 e. The lowest BCUT2D eigenvalue weighted by atomic mass is 10.0. The van der Waals surface area contributed by atoms with Crippen molar-refractivity contribution < 1.29 is 23.7 Å². The van der Waals surface area contributed by atoms with Crippen LogP contribution in [0.25, 0.3) is 0 Å². The number of carbonyl (C=O) groups is 1. The van der Waals surface area contributed by atoms with Gasteiger partial charge in [-0.2, -0.15) is 0 Å². The Morgan fingerprint density at radius 3 is 1.59 bits per heavy atom.